The summed E-state index contributed by atoms with van der Waals surface area (Å²) >= 11 is 0. The average molecular weight is 363 g/mol. The summed E-state index contributed by atoms with van der Waals surface area (Å²) in [6.07, 6.45) is 5.41. The summed E-state index contributed by atoms with van der Waals surface area (Å²) in [5.74, 6) is 1.70. The molecule has 0 unspecified atom stereocenters. The second kappa shape index (κ2) is 6.37. The third kappa shape index (κ3) is 2.76. The van der Waals surface area contributed by atoms with Gasteiger partial charge in [0.1, 0.15) is 17.8 Å². The summed E-state index contributed by atoms with van der Waals surface area (Å²) in [5.41, 5.74) is 2.91. The van der Waals surface area contributed by atoms with Crippen molar-refractivity contribution in [1.82, 2.24) is 14.9 Å². The molecule has 1 N–H and O–H groups in total. The minimum atomic E-state index is -0.101. The van der Waals surface area contributed by atoms with Crippen molar-refractivity contribution in [3.05, 3.63) is 53.2 Å². The van der Waals surface area contributed by atoms with Crippen LogP contribution in [0.1, 0.15) is 63.9 Å². The van der Waals surface area contributed by atoms with E-state index >= 15 is 0 Å². The number of fused-ring (bicyclic) bond motifs is 2. The molecule has 6 nitrogen and oxygen atoms in total. The fourth-order valence-electron chi connectivity index (χ4n) is 4.30. The maximum absolute atomic E-state index is 13.1. The Labute approximate surface area is 156 Å². The van der Waals surface area contributed by atoms with Gasteiger partial charge in [-0.1, -0.05) is 12.1 Å². The number of nitrogens with zero attached hydrogens (tertiary/aromatic N) is 2. The van der Waals surface area contributed by atoms with Gasteiger partial charge in [-0.15, -0.1) is 0 Å². The molecule has 1 aromatic carbocycles. The smallest absolute Gasteiger partial charge is 0.257 e. The molecule has 1 aliphatic carbocycles. The van der Waals surface area contributed by atoms with Crippen LogP contribution in [0, 0.1) is 0 Å². The fraction of sp³-hybridized carbons (Fsp3) is 0.381. The number of ketones is 1. The van der Waals surface area contributed by atoms with Crippen molar-refractivity contribution in [2.45, 2.75) is 38.0 Å². The highest BCUT2D eigenvalue weighted by Crippen LogP contribution is 2.31. The molecule has 3 heterocycles. The average Bonchev–Trinajstić information content (AvgIpc) is 3.32. The number of hydrogen-bond acceptors (Lipinski definition) is 4. The van der Waals surface area contributed by atoms with Gasteiger partial charge in [0.25, 0.3) is 5.91 Å². The van der Waals surface area contributed by atoms with Crippen molar-refractivity contribution < 1.29 is 14.0 Å². The van der Waals surface area contributed by atoms with Gasteiger partial charge in [-0.25, -0.2) is 4.98 Å². The molecule has 1 aliphatic heterocycles. The van der Waals surface area contributed by atoms with Crippen molar-refractivity contribution in [3.63, 3.8) is 0 Å². The molecule has 0 spiro atoms. The van der Waals surface area contributed by atoms with Crippen LogP contribution in [0.5, 0.6) is 0 Å². The van der Waals surface area contributed by atoms with Crippen LogP contribution in [-0.4, -0.2) is 39.6 Å². The number of hydrogen-bond donors (Lipinski definition) is 1. The molecule has 1 fully saturated rings. The number of imidazole rings is 1. The maximum atomic E-state index is 13.1. The second-order valence-corrected chi connectivity index (χ2v) is 7.45. The molecule has 1 atom stereocenters. The number of carbonyl (C=O) groups is 2. The zero-order chi connectivity index (χ0) is 18.4. The molecule has 2 aromatic heterocycles. The van der Waals surface area contributed by atoms with E-state index in [0.717, 1.165) is 42.5 Å². The van der Waals surface area contributed by atoms with Gasteiger partial charge in [0, 0.05) is 31.8 Å². The third-order valence-corrected chi connectivity index (χ3v) is 5.69. The topological polar surface area (TPSA) is 79.2 Å². The first kappa shape index (κ1) is 16.3. The Bertz CT molecular complexity index is 999. The molecule has 1 saturated heterocycles. The number of aromatic nitrogens is 2. The number of rotatable bonds is 2. The summed E-state index contributed by atoms with van der Waals surface area (Å²) in [4.78, 5) is 35.4. The summed E-state index contributed by atoms with van der Waals surface area (Å²) in [6.45, 7) is 1.30. The Kier molecular flexibility index (Phi) is 3.85. The predicted octanol–water partition coefficient (Wildman–Crippen LogP) is 3.69. The number of likely N-dealkylation sites (tertiary alicyclic amines) is 1. The molecule has 3 aromatic rings. The monoisotopic (exact) mass is 363 g/mol. The van der Waals surface area contributed by atoms with Crippen molar-refractivity contribution in [3.8, 4) is 0 Å². The van der Waals surface area contributed by atoms with Crippen LogP contribution in [0.25, 0.3) is 11.0 Å². The molecule has 5 rings (SSSR count). The van der Waals surface area contributed by atoms with Crippen LogP contribution in [0.3, 0.4) is 0 Å². The minimum Gasteiger partial charge on any atom is -0.468 e. The third-order valence-electron chi connectivity index (χ3n) is 5.69. The SMILES string of the molecule is O=C1CCCc2occ(C(=O)N3CCC[C@@H](c4nc5ccccc5[nH]4)C3)c21. The fourth-order valence-corrected chi connectivity index (χ4v) is 4.30. The normalized spacial score (nSPS) is 20.1. The van der Waals surface area contributed by atoms with Gasteiger partial charge < -0.3 is 14.3 Å². The molecule has 1 amide bonds. The van der Waals surface area contributed by atoms with Gasteiger partial charge in [0.15, 0.2) is 5.78 Å². The van der Waals surface area contributed by atoms with E-state index in [2.05, 4.69) is 4.98 Å². The van der Waals surface area contributed by atoms with Gasteiger partial charge in [-0.05, 0) is 31.4 Å². The molecule has 2 aliphatic rings. The lowest BCUT2D eigenvalue weighted by molar-refractivity contribution is 0.0699. The lowest BCUT2D eigenvalue weighted by atomic mass is 9.92. The van der Waals surface area contributed by atoms with E-state index in [1.54, 1.807) is 0 Å². The van der Waals surface area contributed by atoms with E-state index in [0.29, 0.717) is 36.4 Å². The Hall–Kier alpha value is -2.89. The van der Waals surface area contributed by atoms with Crippen molar-refractivity contribution in [2.75, 3.05) is 13.1 Å². The standard InChI is InChI=1S/C21H21N3O3/c25-17-8-3-9-18-19(17)14(12-27-18)21(26)24-10-4-5-13(11-24)20-22-15-6-1-2-7-16(15)23-20/h1-2,6-7,12-13H,3-5,8-11H2,(H,22,23)/t13-/m1/s1. The first-order chi connectivity index (χ1) is 13.2. The van der Waals surface area contributed by atoms with Crippen molar-refractivity contribution in [2.24, 2.45) is 0 Å². The van der Waals surface area contributed by atoms with Gasteiger partial charge >= 0.3 is 0 Å². The van der Waals surface area contributed by atoms with Crippen LogP contribution in [0.4, 0.5) is 0 Å². The second-order valence-electron chi connectivity index (χ2n) is 7.45. The van der Waals surface area contributed by atoms with Gasteiger partial charge in [-0.2, -0.15) is 0 Å². The number of nitrogens with one attached hydrogen (secondary N) is 1. The lowest BCUT2D eigenvalue weighted by Crippen LogP contribution is -2.39. The van der Waals surface area contributed by atoms with E-state index in [1.165, 1.54) is 6.26 Å². The number of Topliss-reactive ketones (excluding diaryl/α,β-unsaturated/α-hetero) is 1. The van der Waals surface area contributed by atoms with Crippen molar-refractivity contribution >= 4 is 22.7 Å². The largest absolute Gasteiger partial charge is 0.468 e. The van der Waals surface area contributed by atoms with Gasteiger partial charge in [-0.3, -0.25) is 9.59 Å². The molecular weight excluding hydrogens is 342 g/mol. The predicted molar refractivity (Wildman–Crippen MR) is 99.9 cm³/mol. The highest BCUT2D eigenvalue weighted by molar-refractivity contribution is 6.09. The van der Waals surface area contributed by atoms with Crippen LogP contribution in [-0.2, 0) is 6.42 Å². The number of carbonyl (C=O) groups excluding carboxylic acids is 2. The van der Waals surface area contributed by atoms with E-state index in [1.807, 2.05) is 29.2 Å². The molecule has 138 valence electrons. The minimum absolute atomic E-state index is 0.0270. The molecule has 0 saturated carbocycles. The highest BCUT2D eigenvalue weighted by atomic mass is 16.3. The zero-order valence-electron chi connectivity index (χ0n) is 15.0. The number of furan rings is 1. The summed E-state index contributed by atoms with van der Waals surface area (Å²) in [5, 5.41) is 0. The van der Waals surface area contributed by atoms with E-state index in [9.17, 15) is 9.59 Å². The quantitative estimate of drug-likeness (QED) is 0.753. The molecule has 27 heavy (non-hydrogen) atoms. The first-order valence-electron chi connectivity index (χ1n) is 9.58. The molecule has 0 radical (unpaired) electrons. The Balaban J connectivity index is 1.40. The summed E-state index contributed by atoms with van der Waals surface area (Å²) < 4.78 is 5.53. The number of piperidine rings is 1. The zero-order valence-corrected chi connectivity index (χ0v) is 15.0. The summed E-state index contributed by atoms with van der Waals surface area (Å²) in [6, 6.07) is 7.97. The maximum Gasteiger partial charge on any atom is 0.257 e. The van der Waals surface area contributed by atoms with Gasteiger partial charge in [0.2, 0.25) is 0 Å². The van der Waals surface area contributed by atoms with Crippen molar-refractivity contribution in [1.29, 1.82) is 0 Å². The Morgan fingerprint density at radius 1 is 1.22 bits per heavy atom. The number of aromatic amines is 1. The highest BCUT2D eigenvalue weighted by Gasteiger charge is 2.33. The van der Waals surface area contributed by atoms with E-state index in [-0.39, 0.29) is 17.6 Å². The first-order valence-corrected chi connectivity index (χ1v) is 9.58. The molecule has 6 heteroatoms. The number of H-pyrrole nitrogens is 1. The Morgan fingerprint density at radius 3 is 3.00 bits per heavy atom. The number of benzene rings is 1. The van der Waals surface area contributed by atoms with Crippen LogP contribution in [0.15, 0.2) is 34.9 Å². The number of aryl methyl sites for hydroxylation is 1. The van der Waals surface area contributed by atoms with Gasteiger partial charge in [0.05, 0.1) is 22.2 Å². The summed E-state index contributed by atoms with van der Waals surface area (Å²) in [7, 11) is 0. The van der Waals surface area contributed by atoms with Crippen LogP contribution < -0.4 is 0 Å². The Morgan fingerprint density at radius 2 is 2.11 bits per heavy atom. The molecule has 0 bridgehead atoms. The van der Waals surface area contributed by atoms with Crippen LogP contribution >= 0.6 is 0 Å². The van der Waals surface area contributed by atoms with Crippen LogP contribution in [0.2, 0.25) is 0 Å². The lowest BCUT2D eigenvalue weighted by Gasteiger charge is -2.31. The van der Waals surface area contributed by atoms with E-state index < -0.39 is 0 Å². The number of amides is 1. The molecular formula is C21H21N3O3. The van der Waals surface area contributed by atoms with E-state index in [4.69, 9.17) is 9.40 Å². The number of para-hydroxylation sites is 2.